The van der Waals surface area contributed by atoms with Crippen LogP contribution < -0.4 is 5.73 Å². The van der Waals surface area contributed by atoms with E-state index >= 15 is 0 Å². The Bertz CT molecular complexity index is 558. The second-order valence-electron chi connectivity index (χ2n) is 3.63. The molecule has 3 rings (SSSR count). The van der Waals surface area contributed by atoms with Gasteiger partial charge in [-0.15, -0.1) is 0 Å². The van der Waals surface area contributed by atoms with Gasteiger partial charge in [0, 0.05) is 17.3 Å². The molecular formula is C11H8F2N2. The van der Waals surface area contributed by atoms with E-state index in [1.165, 1.54) is 0 Å². The average Bonchev–Trinajstić information content (AvgIpc) is 2.74. The van der Waals surface area contributed by atoms with Crippen LogP contribution in [0.2, 0.25) is 0 Å². The Morgan fingerprint density at radius 1 is 1.13 bits per heavy atom. The van der Waals surface area contributed by atoms with E-state index in [1.807, 2.05) is 0 Å². The standard InChI is InChI=1S/C11H8F2N2/c12-7-1-2-8(13)10-6(7)5-15-4-3-9(14)11(10)15/h1-4H,5,14H2. The van der Waals surface area contributed by atoms with E-state index in [1.54, 1.807) is 16.8 Å². The van der Waals surface area contributed by atoms with Gasteiger partial charge in [0.05, 0.1) is 17.9 Å². The second kappa shape index (κ2) is 2.59. The highest BCUT2D eigenvalue weighted by molar-refractivity contribution is 5.79. The third-order valence-electron chi connectivity index (χ3n) is 2.76. The van der Waals surface area contributed by atoms with Crippen LogP contribution in [0.25, 0.3) is 11.3 Å². The molecule has 0 atom stereocenters. The summed E-state index contributed by atoms with van der Waals surface area (Å²) in [7, 11) is 0. The van der Waals surface area contributed by atoms with Crippen molar-refractivity contribution < 1.29 is 8.78 Å². The van der Waals surface area contributed by atoms with Gasteiger partial charge in [0.15, 0.2) is 0 Å². The Balaban J connectivity index is 2.40. The van der Waals surface area contributed by atoms with Gasteiger partial charge in [0.1, 0.15) is 11.6 Å². The van der Waals surface area contributed by atoms with E-state index in [-0.39, 0.29) is 5.82 Å². The van der Waals surface area contributed by atoms with Crippen LogP contribution >= 0.6 is 0 Å². The number of fused-ring (bicyclic) bond motifs is 3. The van der Waals surface area contributed by atoms with Crippen LogP contribution in [-0.2, 0) is 6.54 Å². The first-order valence-corrected chi connectivity index (χ1v) is 4.60. The highest BCUT2D eigenvalue weighted by Crippen LogP contribution is 2.39. The van der Waals surface area contributed by atoms with Gasteiger partial charge >= 0.3 is 0 Å². The molecule has 0 saturated heterocycles. The van der Waals surface area contributed by atoms with Crippen LogP contribution in [0, 0.1) is 11.6 Å². The lowest BCUT2D eigenvalue weighted by atomic mass is 10.1. The maximum atomic E-state index is 13.6. The molecule has 2 aromatic rings. The summed E-state index contributed by atoms with van der Waals surface area (Å²) in [4.78, 5) is 0. The van der Waals surface area contributed by atoms with E-state index in [2.05, 4.69) is 0 Å². The number of halogens is 2. The zero-order valence-corrected chi connectivity index (χ0v) is 7.80. The lowest BCUT2D eigenvalue weighted by Gasteiger charge is -2.02. The van der Waals surface area contributed by atoms with Crippen LogP contribution in [0.1, 0.15) is 5.56 Å². The lowest BCUT2D eigenvalue weighted by Crippen LogP contribution is -1.93. The van der Waals surface area contributed by atoms with E-state index in [9.17, 15) is 8.78 Å². The summed E-state index contributed by atoms with van der Waals surface area (Å²) < 4.78 is 28.8. The molecule has 0 fully saturated rings. The number of nitrogens with two attached hydrogens (primary N) is 1. The summed E-state index contributed by atoms with van der Waals surface area (Å²) in [6.45, 7) is 0.353. The fourth-order valence-corrected chi connectivity index (χ4v) is 2.08. The second-order valence-corrected chi connectivity index (χ2v) is 3.63. The SMILES string of the molecule is Nc1ccn2c1-c1c(F)ccc(F)c1C2. The Hall–Kier alpha value is -1.84. The van der Waals surface area contributed by atoms with Crippen LogP contribution in [0.4, 0.5) is 14.5 Å². The van der Waals surface area contributed by atoms with Crippen molar-refractivity contribution in [3.63, 3.8) is 0 Å². The summed E-state index contributed by atoms with van der Waals surface area (Å²) in [5.41, 5.74) is 7.48. The molecule has 1 aromatic carbocycles. The predicted octanol–water partition coefficient (Wildman–Crippen LogP) is 2.38. The fraction of sp³-hybridized carbons (Fsp3) is 0.0909. The first-order chi connectivity index (χ1) is 7.18. The van der Waals surface area contributed by atoms with Gasteiger partial charge in [-0.3, -0.25) is 0 Å². The van der Waals surface area contributed by atoms with E-state index in [4.69, 9.17) is 5.73 Å². The van der Waals surface area contributed by atoms with Gasteiger partial charge in [-0.1, -0.05) is 0 Å². The zero-order valence-electron chi connectivity index (χ0n) is 7.80. The smallest absolute Gasteiger partial charge is 0.133 e. The van der Waals surface area contributed by atoms with Crippen molar-refractivity contribution in [1.29, 1.82) is 0 Å². The molecule has 15 heavy (non-hydrogen) atoms. The minimum absolute atomic E-state index is 0.303. The number of rotatable bonds is 0. The summed E-state index contributed by atoms with van der Waals surface area (Å²) in [6.07, 6.45) is 1.74. The molecule has 0 saturated carbocycles. The highest BCUT2D eigenvalue weighted by atomic mass is 19.1. The van der Waals surface area contributed by atoms with Crippen LogP contribution in [0.15, 0.2) is 24.4 Å². The minimum Gasteiger partial charge on any atom is -0.397 e. The molecule has 2 nitrogen and oxygen atoms in total. The molecule has 1 aliphatic heterocycles. The average molecular weight is 206 g/mol. The van der Waals surface area contributed by atoms with Crippen molar-refractivity contribution in [3.8, 4) is 11.3 Å². The first kappa shape index (κ1) is 8.47. The zero-order chi connectivity index (χ0) is 10.6. The quantitative estimate of drug-likeness (QED) is 0.601. The summed E-state index contributed by atoms with van der Waals surface area (Å²) in [5.74, 6) is -0.801. The van der Waals surface area contributed by atoms with Crippen molar-refractivity contribution in [2.24, 2.45) is 0 Å². The summed E-state index contributed by atoms with van der Waals surface area (Å²) in [5, 5.41) is 0. The Kier molecular flexibility index (Phi) is 1.46. The monoisotopic (exact) mass is 206 g/mol. The van der Waals surface area contributed by atoms with Crippen LogP contribution in [0.3, 0.4) is 0 Å². The third-order valence-corrected chi connectivity index (χ3v) is 2.76. The molecule has 1 aliphatic rings. The molecule has 4 heteroatoms. The lowest BCUT2D eigenvalue weighted by molar-refractivity contribution is 0.590. The molecule has 2 N–H and O–H groups in total. The number of benzene rings is 1. The maximum Gasteiger partial charge on any atom is 0.133 e. The molecular weight excluding hydrogens is 198 g/mol. The fourth-order valence-electron chi connectivity index (χ4n) is 2.08. The molecule has 2 heterocycles. The number of aromatic nitrogens is 1. The van der Waals surface area contributed by atoms with Crippen molar-refractivity contribution in [2.75, 3.05) is 5.73 Å². The Morgan fingerprint density at radius 2 is 1.87 bits per heavy atom. The number of nitrogen functional groups attached to an aromatic ring is 1. The van der Waals surface area contributed by atoms with E-state index < -0.39 is 5.82 Å². The first-order valence-electron chi connectivity index (χ1n) is 4.60. The molecule has 76 valence electrons. The number of anilines is 1. The molecule has 0 unspecified atom stereocenters. The Labute approximate surface area is 84.9 Å². The van der Waals surface area contributed by atoms with Crippen molar-refractivity contribution in [3.05, 3.63) is 41.6 Å². The number of hydrogen-bond donors (Lipinski definition) is 1. The highest BCUT2D eigenvalue weighted by Gasteiger charge is 2.26. The molecule has 0 amide bonds. The van der Waals surface area contributed by atoms with E-state index in [0.29, 0.717) is 29.1 Å². The number of hydrogen-bond acceptors (Lipinski definition) is 1. The van der Waals surface area contributed by atoms with Crippen molar-refractivity contribution in [1.82, 2.24) is 4.57 Å². The predicted molar refractivity (Wildman–Crippen MR) is 53.3 cm³/mol. The third kappa shape index (κ3) is 0.960. The molecule has 0 aliphatic carbocycles. The van der Waals surface area contributed by atoms with Crippen molar-refractivity contribution in [2.45, 2.75) is 6.54 Å². The van der Waals surface area contributed by atoms with Gasteiger partial charge in [0.25, 0.3) is 0 Å². The van der Waals surface area contributed by atoms with E-state index in [0.717, 1.165) is 12.1 Å². The molecule has 0 spiro atoms. The van der Waals surface area contributed by atoms with Gasteiger partial charge < -0.3 is 10.3 Å². The minimum atomic E-state index is -0.421. The largest absolute Gasteiger partial charge is 0.397 e. The summed E-state index contributed by atoms with van der Waals surface area (Å²) in [6, 6.07) is 3.98. The van der Waals surface area contributed by atoms with Crippen molar-refractivity contribution >= 4 is 5.69 Å². The van der Waals surface area contributed by atoms with Crippen LogP contribution in [-0.4, -0.2) is 4.57 Å². The topological polar surface area (TPSA) is 30.9 Å². The summed E-state index contributed by atoms with van der Waals surface area (Å²) >= 11 is 0. The molecule has 0 radical (unpaired) electrons. The normalized spacial score (nSPS) is 12.7. The maximum absolute atomic E-state index is 13.6. The molecule has 0 bridgehead atoms. The van der Waals surface area contributed by atoms with Crippen LogP contribution in [0.5, 0.6) is 0 Å². The van der Waals surface area contributed by atoms with Gasteiger partial charge in [-0.25, -0.2) is 8.78 Å². The van der Waals surface area contributed by atoms with Gasteiger partial charge in [0.2, 0.25) is 0 Å². The number of nitrogens with zero attached hydrogens (tertiary/aromatic N) is 1. The molecule has 1 aromatic heterocycles. The van der Waals surface area contributed by atoms with Gasteiger partial charge in [-0.2, -0.15) is 0 Å². The Morgan fingerprint density at radius 3 is 2.67 bits per heavy atom. The van der Waals surface area contributed by atoms with Gasteiger partial charge in [-0.05, 0) is 18.2 Å².